The Bertz CT molecular complexity index is 711. The van der Waals surface area contributed by atoms with Crippen LogP contribution in [0.4, 0.5) is 8.78 Å². The fraction of sp³-hybridized carbons (Fsp3) is 0.429. The summed E-state index contributed by atoms with van der Waals surface area (Å²) in [6, 6.07) is 5.19. The number of carbonyl (C=O) groups excluding carboxylic acids is 1. The molecule has 1 unspecified atom stereocenters. The Balaban J connectivity index is 1.87. The Morgan fingerprint density at radius 2 is 2.07 bits per heavy atom. The van der Waals surface area contributed by atoms with Gasteiger partial charge in [-0.25, -0.2) is 4.79 Å². The monoisotopic (exact) mass is 377 g/mol. The molecule has 6 heteroatoms. The van der Waals surface area contributed by atoms with Crippen LogP contribution in [0.25, 0.3) is 0 Å². The van der Waals surface area contributed by atoms with Crippen LogP contribution in [0.15, 0.2) is 48.6 Å². The largest absolute Gasteiger partial charge is 0.482 e. The number of hydrogen-bond donors (Lipinski definition) is 1. The molecule has 1 aliphatic rings. The van der Waals surface area contributed by atoms with Crippen LogP contribution in [0.2, 0.25) is 0 Å². The second-order valence-corrected chi connectivity index (χ2v) is 6.44. The van der Waals surface area contributed by atoms with Crippen molar-refractivity contribution in [3.8, 4) is 5.75 Å². The molecular formula is C21H25F2NO3. The van der Waals surface area contributed by atoms with Crippen molar-refractivity contribution in [3.05, 3.63) is 54.1 Å². The number of nitrogens with one attached hydrogen (secondary N) is 1. The van der Waals surface area contributed by atoms with Crippen molar-refractivity contribution in [3.63, 3.8) is 0 Å². The number of ether oxygens (including phenoxy) is 2. The molecule has 146 valence electrons. The van der Waals surface area contributed by atoms with Gasteiger partial charge >= 0.3 is 5.97 Å². The summed E-state index contributed by atoms with van der Waals surface area (Å²) in [5.74, 6) is -3.40. The third-order valence-corrected chi connectivity index (χ3v) is 4.39. The lowest BCUT2D eigenvalue weighted by Crippen LogP contribution is -2.33. The van der Waals surface area contributed by atoms with Crippen LogP contribution in [0, 0.1) is 5.41 Å². The minimum absolute atomic E-state index is 0.200. The number of halogens is 2. The lowest BCUT2D eigenvalue weighted by Gasteiger charge is -2.25. The standard InChI is InChI=1S/C21H25F2NO3/c1-3-5-7-15-8-6-9-18(20(15)24)27-19(25)14-26-17-12-10-16(11-13-17)21(22,23)4-2/h4,7,10-13,18,24H,2-3,5-6,8-9,14H2,1H3/b15-7-,24-20?. The van der Waals surface area contributed by atoms with Crippen LogP contribution < -0.4 is 4.74 Å². The number of carbonyl (C=O) groups is 1. The number of benzene rings is 1. The number of alkyl halides is 2. The summed E-state index contributed by atoms with van der Waals surface area (Å²) in [5.41, 5.74) is 1.11. The molecule has 1 atom stereocenters. The summed E-state index contributed by atoms with van der Waals surface area (Å²) in [6.45, 7) is 4.84. The SMILES string of the molecule is C=CC(F)(F)c1ccc(OCC(=O)OC2CCC/C(=C/CCC)C2=N)cc1. The Morgan fingerprint density at radius 3 is 2.70 bits per heavy atom. The van der Waals surface area contributed by atoms with Crippen LogP contribution in [0.1, 0.15) is 44.6 Å². The molecule has 0 heterocycles. The van der Waals surface area contributed by atoms with E-state index in [1.165, 1.54) is 24.3 Å². The van der Waals surface area contributed by atoms with Gasteiger partial charge in [0.15, 0.2) is 6.61 Å². The van der Waals surface area contributed by atoms with E-state index >= 15 is 0 Å². The number of allylic oxidation sites excluding steroid dienone is 2. The summed E-state index contributed by atoms with van der Waals surface area (Å²) in [6.07, 6.45) is 6.31. The fourth-order valence-corrected chi connectivity index (χ4v) is 2.84. The Kier molecular flexibility index (Phi) is 7.28. The summed E-state index contributed by atoms with van der Waals surface area (Å²) in [4.78, 5) is 12.0. The highest BCUT2D eigenvalue weighted by Crippen LogP contribution is 2.30. The molecule has 0 amide bonds. The number of esters is 1. The van der Waals surface area contributed by atoms with Crippen LogP contribution in [-0.2, 0) is 15.5 Å². The average Bonchev–Trinajstić information content (AvgIpc) is 2.67. The Hall–Kier alpha value is -2.50. The zero-order valence-corrected chi connectivity index (χ0v) is 15.5. The molecule has 0 bridgehead atoms. The van der Waals surface area contributed by atoms with E-state index in [1.54, 1.807) is 0 Å². The highest BCUT2D eigenvalue weighted by atomic mass is 19.3. The molecule has 0 aromatic heterocycles. The van der Waals surface area contributed by atoms with Gasteiger partial charge in [-0.15, -0.1) is 0 Å². The Labute approximate surface area is 158 Å². The average molecular weight is 377 g/mol. The van der Waals surface area contributed by atoms with Gasteiger partial charge in [-0.1, -0.05) is 26.0 Å². The molecule has 1 aliphatic carbocycles. The molecule has 0 radical (unpaired) electrons. The molecule has 1 aromatic rings. The third kappa shape index (κ3) is 5.74. The van der Waals surface area contributed by atoms with E-state index in [2.05, 4.69) is 13.5 Å². The minimum atomic E-state index is -3.11. The van der Waals surface area contributed by atoms with Gasteiger partial charge in [-0.05, 0) is 61.6 Å². The quantitative estimate of drug-likeness (QED) is 0.501. The summed E-state index contributed by atoms with van der Waals surface area (Å²) < 4.78 is 37.6. The molecule has 0 saturated heterocycles. The number of rotatable bonds is 8. The van der Waals surface area contributed by atoms with Crippen molar-refractivity contribution in [2.75, 3.05) is 6.61 Å². The van der Waals surface area contributed by atoms with Gasteiger partial charge in [0.05, 0.1) is 5.71 Å². The van der Waals surface area contributed by atoms with Gasteiger partial charge in [-0.2, -0.15) is 8.78 Å². The molecule has 1 aromatic carbocycles. The van der Waals surface area contributed by atoms with E-state index < -0.39 is 18.0 Å². The minimum Gasteiger partial charge on any atom is -0.482 e. The summed E-state index contributed by atoms with van der Waals surface area (Å²) in [7, 11) is 0. The van der Waals surface area contributed by atoms with Crippen molar-refractivity contribution < 1.29 is 23.0 Å². The third-order valence-electron chi connectivity index (χ3n) is 4.39. The molecule has 1 N–H and O–H groups in total. The van der Waals surface area contributed by atoms with Crippen molar-refractivity contribution >= 4 is 11.7 Å². The number of hydrogen-bond acceptors (Lipinski definition) is 4. The number of unbranched alkanes of at least 4 members (excludes halogenated alkanes) is 1. The van der Waals surface area contributed by atoms with E-state index in [9.17, 15) is 13.6 Å². The van der Waals surface area contributed by atoms with Gasteiger partial charge in [0.25, 0.3) is 5.92 Å². The van der Waals surface area contributed by atoms with Crippen molar-refractivity contribution in [2.24, 2.45) is 0 Å². The van der Waals surface area contributed by atoms with Gasteiger partial charge in [0.2, 0.25) is 0 Å². The predicted molar refractivity (Wildman–Crippen MR) is 100 cm³/mol. The first-order valence-electron chi connectivity index (χ1n) is 9.09. The molecule has 0 aliphatic heterocycles. The van der Waals surface area contributed by atoms with Gasteiger partial charge < -0.3 is 14.9 Å². The molecule has 4 nitrogen and oxygen atoms in total. The maximum Gasteiger partial charge on any atom is 0.344 e. The molecule has 0 spiro atoms. The fourth-order valence-electron chi connectivity index (χ4n) is 2.84. The van der Waals surface area contributed by atoms with Crippen LogP contribution in [0.5, 0.6) is 5.75 Å². The van der Waals surface area contributed by atoms with Crippen molar-refractivity contribution in [1.29, 1.82) is 5.41 Å². The first kappa shape index (κ1) is 20.8. The summed E-state index contributed by atoms with van der Waals surface area (Å²) >= 11 is 0. The molecule has 27 heavy (non-hydrogen) atoms. The smallest absolute Gasteiger partial charge is 0.344 e. The highest BCUT2D eigenvalue weighted by Gasteiger charge is 2.27. The lowest BCUT2D eigenvalue weighted by atomic mass is 9.89. The first-order chi connectivity index (χ1) is 12.9. The van der Waals surface area contributed by atoms with Crippen molar-refractivity contribution in [2.45, 2.75) is 51.1 Å². The normalized spacial score (nSPS) is 19.0. The first-order valence-corrected chi connectivity index (χ1v) is 9.09. The van der Waals surface area contributed by atoms with Gasteiger partial charge in [0, 0.05) is 5.56 Å². The topological polar surface area (TPSA) is 59.4 Å². The zero-order valence-electron chi connectivity index (χ0n) is 15.5. The van der Waals surface area contributed by atoms with E-state index in [-0.39, 0.29) is 17.9 Å². The van der Waals surface area contributed by atoms with Gasteiger partial charge in [-0.3, -0.25) is 0 Å². The maximum atomic E-state index is 13.5. The van der Waals surface area contributed by atoms with Crippen molar-refractivity contribution in [1.82, 2.24) is 0 Å². The van der Waals surface area contributed by atoms with Crippen LogP contribution in [-0.4, -0.2) is 24.4 Å². The van der Waals surface area contributed by atoms with E-state index in [0.717, 1.165) is 31.3 Å². The van der Waals surface area contributed by atoms with Gasteiger partial charge in [0.1, 0.15) is 11.9 Å². The lowest BCUT2D eigenvalue weighted by molar-refractivity contribution is -0.148. The van der Waals surface area contributed by atoms with E-state index in [1.807, 2.05) is 6.08 Å². The van der Waals surface area contributed by atoms with Crippen LogP contribution in [0.3, 0.4) is 0 Å². The van der Waals surface area contributed by atoms with E-state index in [4.69, 9.17) is 14.9 Å². The second-order valence-electron chi connectivity index (χ2n) is 6.44. The molecule has 1 fully saturated rings. The van der Waals surface area contributed by atoms with Crippen LogP contribution >= 0.6 is 0 Å². The van der Waals surface area contributed by atoms with E-state index in [0.29, 0.717) is 18.2 Å². The second kappa shape index (κ2) is 9.44. The maximum absolute atomic E-state index is 13.5. The zero-order chi connectivity index (χ0) is 19.9. The molecule has 1 saturated carbocycles. The predicted octanol–water partition coefficient (Wildman–Crippen LogP) is 5.19. The molecular weight excluding hydrogens is 352 g/mol. The Morgan fingerprint density at radius 1 is 1.37 bits per heavy atom. The highest BCUT2D eigenvalue weighted by molar-refractivity contribution is 6.02. The summed E-state index contributed by atoms with van der Waals surface area (Å²) in [5, 5.41) is 8.21. The molecule has 2 rings (SSSR count).